The molecule has 2 heteroatoms. The Hall–Kier alpha value is -1.05. The molecule has 0 amide bonds. The van der Waals surface area contributed by atoms with Gasteiger partial charge in [-0.15, -0.1) is 0 Å². The van der Waals surface area contributed by atoms with Gasteiger partial charge in [0.15, 0.2) is 0 Å². The van der Waals surface area contributed by atoms with E-state index in [1.165, 1.54) is 102 Å². The predicted molar refractivity (Wildman–Crippen MR) is 114 cm³/mol. The normalized spacial score (nSPS) is 11.1. The van der Waals surface area contributed by atoms with Crippen LogP contribution in [0.1, 0.15) is 116 Å². The number of unbranched alkanes of at least 4 members (excludes halogenated alkanes) is 15. The zero-order valence-electron chi connectivity index (χ0n) is 17.5. The number of rotatable bonds is 20. The molecule has 26 heavy (non-hydrogen) atoms. The van der Waals surface area contributed by atoms with Gasteiger partial charge in [-0.1, -0.05) is 103 Å². The largest absolute Gasteiger partial charge is 0.463 e. The Labute approximate surface area is 163 Å². The lowest BCUT2D eigenvalue weighted by Crippen LogP contribution is -2.01. The zero-order chi connectivity index (χ0) is 19.1. The Morgan fingerprint density at radius 2 is 1.12 bits per heavy atom. The van der Waals surface area contributed by atoms with Crippen molar-refractivity contribution in [3.05, 3.63) is 24.8 Å². The summed E-state index contributed by atoms with van der Waals surface area (Å²) in [5, 5.41) is 0. The summed E-state index contributed by atoms with van der Waals surface area (Å²) >= 11 is 0. The summed E-state index contributed by atoms with van der Waals surface area (Å²) in [5.74, 6) is -0.306. The van der Waals surface area contributed by atoms with Crippen molar-refractivity contribution < 1.29 is 9.53 Å². The van der Waals surface area contributed by atoms with E-state index in [1.807, 2.05) is 0 Å². The number of allylic oxidation sites excluding steroid dienone is 2. The van der Waals surface area contributed by atoms with E-state index in [4.69, 9.17) is 4.74 Å². The SMILES string of the molecule is C=CC(=O)OCCCCCCCC/C=C/CCCCCCCCCCC. The van der Waals surface area contributed by atoms with Crippen LogP contribution in [0.3, 0.4) is 0 Å². The molecule has 0 saturated carbocycles. The van der Waals surface area contributed by atoms with Crippen LogP contribution in [-0.4, -0.2) is 12.6 Å². The van der Waals surface area contributed by atoms with Crippen LogP contribution in [0.2, 0.25) is 0 Å². The average molecular weight is 365 g/mol. The van der Waals surface area contributed by atoms with E-state index in [0.29, 0.717) is 6.61 Å². The quantitative estimate of drug-likeness (QED) is 0.0948. The fourth-order valence-electron chi connectivity index (χ4n) is 3.11. The minimum atomic E-state index is -0.306. The molecule has 2 nitrogen and oxygen atoms in total. The second-order valence-corrected chi connectivity index (χ2v) is 7.37. The van der Waals surface area contributed by atoms with Gasteiger partial charge in [-0.3, -0.25) is 0 Å². The van der Waals surface area contributed by atoms with E-state index < -0.39 is 0 Å². The molecule has 0 aliphatic heterocycles. The highest BCUT2D eigenvalue weighted by Crippen LogP contribution is 2.11. The Morgan fingerprint density at radius 3 is 1.58 bits per heavy atom. The van der Waals surface area contributed by atoms with Gasteiger partial charge in [-0.05, 0) is 32.1 Å². The molecule has 0 radical (unpaired) electrons. The monoisotopic (exact) mass is 364 g/mol. The number of hydrogen-bond donors (Lipinski definition) is 0. The lowest BCUT2D eigenvalue weighted by Gasteiger charge is -2.02. The molecule has 0 aromatic heterocycles. The summed E-state index contributed by atoms with van der Waals surface area (Å²) in [6, 6.07) is 0. The van der Waals surface area contributed by atoms with Crippen molar-refractivity contribution in [3.8, 4) is 0 Å². The van der Waals surface area contributed by atoms with Crippen LogP contribution in [0, 0.1) is 0 Å². The zero-order valence-corrected chi connectivity index (χ0v) is 17.5. The maximum Gasteiger partial charge on any atom is 0.330 e. The Balaban J connectivity index is 3.11. The number of carbonyl (C=O) groups is 1. The van der Waals surface area contributed by atoms with Crippen molar-refractivity contribution in [2.75, 3.05) is 6.61 Å². The van der Waals surface area contributed by atoms with Gasteiger partial charge in [-0.2, -0.15) is 0 Å². The first-order valence-electron chi connectivity index (χ1n) is 11.3. The van der Waals surface area contributed by atoms with E-state index in [2.05, 4.69) is 25.7 Å². The molecule has 0 unspecified atom stereocenters. The number of hydrogen-bond acceptors (Lipinski definition) is 2. The van der Waals surface area contributed by atoms with Gasteiger partial charge in [0.25, 0.3) is 0 Å². The first kappa shape index (κ1) is 24.9. The molecule has 0 bridgehead atoms. The smallest absolute Gasteiger partial charge is 0.330 e. The van der Waals surface area contributed by atoms with Crippen molar-refractivity contribution in [1.82, 2.24) is 0 Å². The molecular weight excluding hydrogens is 320 g/mol. The molecule has 0 aromatic carbocycles. The summed E-state index contributed by atoms with van der Waals surface area (Å²) in [6.45, 7) is 6.20. The van der Waals surface area contributed by atoms with Gasteiger partial charge < -0.3 is 4.74 Å². The molecule has 152 valence electrons. The topological polar surface area (TPSA) is 26.3 Å². The molecule has 0 saturated heterocycles. The van der Waals surface area contributed by atoms with Crippen LogP contribution in [0.4, 0.5) is 0 Å². The van der Waals surface area contributed by atoms with E-state index in [1.54, 1.807) is 0 Å². The maximum atomic E-state index is 10.9. The summed E-state index contributed by atoms with van der Waals surface area (Å²) in [6.07, 6.45) is 28.5. The summed E-state index contributed by atoms with van der Waals surface area (Å²) < 4.78 is 4.96. The van der Waals surface area contributed by atoms with Gasteiger partial charge in [0, 0.05) is 6.08 Å². The molecule has 0 spiro atoms. The maximum absolute atomic E-state index is 10.9. The third-order valence-electron chi connectivity index (χ3n) is 4.82. The van der Waals surface area contributed by atoms with Crippen LogP contribution >= 0.6 is 0 Å². The Kier molecular flexibility index (Phi) is 21.1. The minimum Gasteiger partial charge on any atom is -0.463 e. The fraction of sp³-hybridized carbons (Fsp3) is 0.792. The standard InChI is InChI=1S/C24H44O2/c1-3-5-6-7-8-9-10-11-12-13-14-15-16-17-18-19-20-21-22-23-26-24(25)4-2/h4,14-15H,2-3,5-13,16-23H2,1H3/b15-14+. The van der Waals surface area contributed by atoms with Crippen molar-refractivity contribution in [1.29, 1.82) is 0 Å². The van der Waals surface area contributed by atoms with Crippen LogP contribution in [-0.2, 0) is 9.53 Å². The minimum absolute atomic E-state index is 0.306. The van der Waals surface area contributed by atoms with Gasteiger partial charge in [-0.25, -0.2) is 4.79 Å². The van der Waals surface area contributed by atoms with E-state index >= 15 is 0 Å². The van der Waals surface area contributed by atoms with E-state index in [9.17, 15) is 4.79 Å². The fourth-order valence-corrected chi connectivity index (χ4v) is 3.11. The first-order chi connectivity index (χ1) is 12.8. The molecule has 0 rings (SSSR count). The highest BCUT2D eigenvalue weighted by Gasteiger charge is 1.95. The summed E-state index contributed by atoms with van der Waals surface area (Å²) in [7, 11) is 0. The van der Waals surface area contributed by atoms with Crippen LogP contribution in [0.5, 0.6) is 0 Å². The molecule has 0 fully saturated rings. The van der Waals surface area contributed by atoms with Crippen molar-refractivity contribution in [2.24, 2.45) is 0 Å². The van der Waals surface area contributed by atoms with Crippen LogP contribution < -0.4 is 0 Å². The number of carbonyl (C=O) groups excluding carboxylic acids is 1. The molecule has 0 heterocycles. The van der Waals surface area contributed by atoms with Gasteiger partial charge >= 0.3 is 5.97 Å². The average Bonchev–Trinajstić information content (AvgIpc) is 2.66. The van der Waals surface area contributed by atoms with Crippen LogP contribution in [0.25, 0.3) is 0 Å². The van der Waals surface area contributed by atoms with Gasteiger partial charge in [0.2, 0.25) is 0 Å². The second kappa shape index (κ2) is 22.0. The highest BCUT2D eigenvalue weighted by atomic mass is 16.5. The molecule has 0 aliphatic carbocycles. The van der Waals surface area contributed by atoms with E-state index in [0.717, 1.165) is 12.8 Å². The number of ether oxygens (including phenoxy) is 1. The van der Waals surface area contributed by atoms with Crippen LogP contribution in [0.15, 0.2) is 24.8 Å². The lowest BCUT2D eigenvalue weighted by molar-refractivity contribution is -0.137. The summed E-state index contributed by atoms with van der Waals surface area (Å²) in [5.41, 5.74) is 0. The molecule has 0 N–H and O–H groups in total. The van der Waals surface area contributed by atoms with Crippen molar-refractivity contribution in [2.45, 2.75) is 116 Å². The molecule has 0 atom stereocenters. The Morgan fingerprint density at radius 1 is 0.692 bits per heavy atom. The lowest BCUT2D eigenvalue weighted by atomic mass is 10.1. The van der Waals surface area contributed by atoms with E-state index in [-0.39, 0.29) is 5.97 Å². The third-order valence-corrected chi connectivity index (χ3v) is 4.82. The van der Waals surface area contributed by atoms with Gasteiger partial charge in [0.05, 0.1) is 6.61 Å². The van der Waals surface area contributed by atoms with Crippen molar-refractivity contribution >= 4 is 5.97 Å². The molecular formula is C24H44O2. The summed E-state index contributed by atoms with van der Waals surface area (Å²) in [4.78, 5) is 10.9. The third kappa shape index (κ3) is 21.0. The predicted octanol–water partition coefficient (Wildman–Crippen LogP) is 7.92. The molecule has 0 aliphatic rings. The second-order valence-electron chi connectivity index (χ2n) is 7.37. The highest BCUT2D eigenvalue weighted by molar-refractivity contribution is 5.81. The Bertz CT molecular complexity index is 333. The number of esters is 1. The first-order valence-corrected chi connectivity index (χ1v) is 11.3. The van der Waals surface area contributed by atoms with Crippen molar-refractivity contribution in [3.63, 3.8) is 0 Å². The molecule has 0 aromatic rings. The van der Waals surface area contributed by atoms with Gasteiger partial charge in [0.1, 0.15) is 0 Å².